The van der Waals surface area contributed by atoms with Gasteiger partial charge in [0.2, 0.25) is 0 Å². The van der Waals surface area contributed by atoms with Gasteiger partial charge in [-0.3, -0.25) is 0 Å². The van der Waals surface area contributed by atoms with E-state index in [1.165, 1.54) is 51.4 Å². The van der Waals surface area contributed by atoms with Gasteiger partial charge in [0.25, 0.3) is 0 Å². The van der Waals surface area contributed by atoms with Gasteiger partial charge < -0.3 is 4.74 Å². The molecule has 0 aromatic heterocycles. The molecule has 0 bridgehead atoms. The second-order valence-corrected chi connectivity index (χ2v) is 7.09. The molecule has 0 spiro atoms. The maximum absolute atomic E-state index is 5.53. The number of ether oxygens (including phenoxy) is 1. The molecule has 98 valence electrons. The van der Waals surface area contributed by atoms with Crippen molar-refractivity contribution >= 4 is 21.1 Å². The third kappa shape index (κ3) is 24.1. The van der Waals surface area contributed by atoms with Crippen LogP contribution < -0.4 is 0 Å². The first-order chi connectivity index (χ1) is 7.83. The Morgan fingerprint density at radius 2 is 1.06 bits per heavy atom. The van der Waals surface area contributed by atoms with Gasteiger partial charge in [0.1, 0.15) is 0 Å². The van der Waals surface area contributed by atoms with Crippen LogP contribution in [0.25, 0.3) is 0 Å². The molecule has 16 heavy (non-hydrogen) atoms. The van der Waals surface area contributed by atoms with Crippen molar-refractivity contribution in [3.8, 4) is 0 Å². The summed E-state index contributed by atoms with van der Waals surface area (Å²) < 4.78 is 5.53. The van der Waals surface area contributed by atoms with Gasteiger partial charge in [0.15, 0.2) is 0 Å². The van der Waals surface area contributed by atoms with Gasteiger partial charge in [-0.1, -0.05) is 52.4 Å². The van der Waals surface area contributed by atoms with Crippen LogP contribution in [-0.4, -0.2) is 34.4 Å². The molecule has 0 fully saturated rings. The second-order valence-electron chi connectivity index (χ2n) is 4.23. The van der Waals surface area contributed by atoms with E-state index in [0.717, 1.165) is 13.2 Å². The summed E-state index contributed by atoms with van der Waals surface area (Å²) in [6, 6.07) is 0. The molecule has 0 saturated carbocycles. The Morgan fingerprint density at radius 1 is 0.688 bits per heavy atom. The van der Waals surface area contributed by atoms with Gasteiger partial charge >= 0.3 is 31.0 Å². The normalized spacial score (nSPS) is 9.75. The molecular weight excluding hydrogens is 303 g/mol. The minimum atomic E-state index is 0.230. The minimum absolute atomic E-state index is 0.230. The summed E-state index contributed by atoms with van der Waals surface area (Å²) in [5, 5.41) is 0. The van der Waals surface area contributed by atoms with Crippen molar-refractivity contribution in [3.05, 3.63) is 0 Å². The SMILES string of the molecule is CCCCCCOCCCCCC.[CH3][Sn][CH3]. The zero-order valence-corrected chi connectivity index (χ0v) is 14.8. The van der Waals surface area contributed by atoms with Crippen molar-refractivity contribution in [2.45, 2.75) is 75.1 Å². The fourth-order valence-corrected chi connectivity index (χ4v) is 1.36. The molecule has 0 N–H and O–H groups in total. The Balaban J connectivity index is 0. The monoisotopic (exact) mass is 336 g/mol. The Labute approximate surface area is 114 Å². The van der Waals surface area contributed by atoms with Crippen molar-refractivity contribution in [3.63, 3.8) is 0 Å². The number of hydrogen-bond acceptors (Lipinski definition) is 1. The zero-order valence-electron chi connectivity index (χ0n) is 12.0. The van der Waals surface area contributed by atoms with E-state index >= 15 is 0 Å². The predicted octanol–water partition coefficient (Wildman–Crippen LogP) is 4.95. The van der Waals surface area contributed by atoms with Crippen LogP contribution in [0.5, 0.6) is 0 Å². The van der Waals surface area contributed by atoms with Gasteiger partial charge in [-0.05, 0) is 12.8 Å². The topological polar surface area (TPSA) is 9.23 Å². The average Bonchev–Trinajstić information content (AvgIpc) is 2.28. The molecule has 0 aromatic carbocycles. The van der Waals surface area contributed by atoms with Gasteiger partial charge in [0, 0.05) is 13.2 Å². The van der Waals surface area contributed by atoms with E-state index in [0.29, 0.717) is 0 Å². The molecular formula is C14H32OSn. The van der Waals surface area contributed by atoms with Crippen molar-refractivity contribution < 1.29 is 4.74 Å². The molecule has 0 amide bonds. The standard InChI is InChI=1S/C12H26O.2CH3.Sn/c1-3-5-7-9-11-13-12-10-8-6-4-2;;;/h3-12H2,1-2H3;2*1H3;. The van der Waals surface area contributed by atoms with Gasteiger partial charge in [-0.2, -0.15) is 0 Å². The van der Waals surface area contributed by atoms with Crippen molar-refractivity contribution in [1.29, 1.82) is 0 Å². The molecule has 0 saturated heterocycles. The average molecular weight is 335 g/mol. The third-order valence-electron chi connectivity index (χ3n) is 2.28. The van der Waals surface area contributed by atoms with E-state index in [9.17, 15) is 0 Å². The van der Waals surface area contributed by atoms with Gasteiger partial charge in [0.05, 0.1) is 0 Å². The summed E-state index contributed by atoms with van der Waals surface area (Å²) >= 11 is 0.230. The summed E-state index contributed by atoms with van der Waals surface area (Å²) in [5.41, 5.74) is 0. The first kappa shape index (κ1) is 19.1. The molecule has 0 atom stereocenters. The third-order valence-corrected chi connectivity index (χ3v) is 2.28. The maximum atomic E-state index is 5.53. The van der Waals surface area contributed by atoms with Crippen LogP contribution in [0.3, 0.4) is 0 Å². The predicted molar refractivity (Wildman–Crippen MR) is 76.6 cm³/mol. The van der Waals surface area contributed by atoms with E-state index in [1.807, 2.05) is 0 Å². The van der Waals surface area contributed by atoms with E-state index in [2.05, 4.69) is 23.7 Å². The Kier molecular flexibility index (Phi) is 25.2. The van der Waals surface area contributed by atoms with Crippen molar-refractivity contribution in [2.75, 3.05) is 13.2 Å². The van der Waals surface area contributed by atoms with Crippen LogP contribution in [0.4, 0.5) is 0 Å². The van der Waals surface area contributed by atoms with E-state index in [4.69, 9.17) is 4.74 Å². The fraction of sp³-hybridized carbons (Fsp3) is 1.00. The first-order valence-corrected chi connectivity index (χ1v) is 12.7. The van der Waals surface area contributed by atoms with E-state index in [1.54, 1.807) is 0 Å². The Bertz CT molecular complexity index is 86.7. The van der Waals surface area contributed by atoms with Gasteiger partial charge in [-0.25, -0.2) is 0 Å². The second kappa shape index (κ2) is 21.1. The van der Waals surface area contributed by atoms with Crippen LogP contribution in [0, 0.1) is 0 Å². The molecule has 0 aliphatic rings. The Morgan fingerprint density at radius 3 is 1.38 bits per heavy atom. The number of rotatable bonds is 10. The molecule has 0 rings (SSSR count). The van der Waals surface area contributed by atoms with Crippen LogP contribution in [0.1, 0.15) is 65.2 Å². The fourth-order valence-electron chi connectivity index (χ4n) is 1.36. The van der Waals surface area contributed by atoms with Crippen molar-refractivity contribution in [2.24, 2.45) is 0 Å². The molecule has 0 unspecified atom stereocenters. The van der Waals surface area contributed by atoms with E-state index < -0.39 is 0 Å². The van der Waals surface area contributed by atoms with Crippen LogP contribution in [-0.2, 0) is 4.74 Å². The molecule has 2 radical (unpaired) electrons. The van der Waals surface area contributed by atoms with E-state index in [-0.39, 0.29) is 21.1 Å². The van der Waals surface area contributed by atoms with Crippen LogP contribution in [0.15, 0.2) is 0 Å². The zero-order chi connectivity index (χ0) is 12.5. The Hall–Kier alpha value is 0.759. The summed E-state index contributed by atoms with van der Waals surface area (Å²) in [6.45, 7) is 6.44. The van der Waals surface area contributed by atoms with Crippen LogP contribution in [0.2, 0.25) is 9.88 Å². The number of hydrogen-bond donors (Lipinski definition) is 0. The van der Waals surface area contributed by atoms with Crippen LogP contribution >= 0.6 is 0 Å². The molecule has 0 aromatic rings. The summed E-state index contributed by atoms with van der Waals surface area (Å²) in [4.78, 5) is 4.59. The summed E-state index contributed by atoms with van der Waals surface area (Å²) in [5.74, 6) is 0. The summed E-state index contributed by atoms with van der Waals surface area (Å²) in [7, 11) is 0. The van der Waals surface area contributed by atoms with Crippen molar-refractivity contribution in [1.82, 2.24) is 0 Å². The molecule has 2 heteroatoms. The summed E-state index contributed by atoms with van der Waals surface area (Å²) in [6.07, 6.45) is 10.5. The van der Waals surface area contributed by atoms with Gasteiger partial charge in [-0.15, -0.1) is 0 Å². The molecule has 1 nitrogen and oxygen atoms in total. The molecule has 0 aliphatic heterocycles. The quantitative estimate of drug-likeness (QED) is 0.405. The molecule has 0 heterocycles. The molecule has 0 aliphatic carbocycles. The first-order valence-electron chi connectivity index (χ1n) is 6.99. The number of unbranched alkanes of at least 4 members (excludes halogenated alkanes) is 6.